The molecule has 0 saturated heterocycles. The van der Waals surface area contributed by atoms with E-state index in [4.69, 9.17) is 0 Å². The zero-order valence-electron chi connectivity index (χ0n) is 13.1. The van der Waals surface area contributed by atoms with Crippen molar-refractivity contribution in [2.45, 2.75) is 45.2 Å². The minimum absolute atomic E-state index is 0.00426. The third-order valence-electron chi connectivity index (χ3n) is 4.48. The second-order valence-electron chi connectivity index (χ2n) is 6.13. The molecule has 3 nitrogen and oxygen atoms in total. The summed E-state index contributed by atoms with van der Waals surface area (Å²) in [5.74, 6) is -0.315. The van der Waals surface area contributed by atoms with Crippen LogP contribution in [0.15, 0.2) is 18.2 Å². The van der Waals surface area contributed by atoms with Crippen molar-refractivity contribution in [2.24, 2.45) is 5.92 Å². The van der Waals surface area contributed by atoms with Crippen LogP contribution in [-0.4, -0.2) is 31.1 Å². The summed E-state index contributed by atoms with van der Waals surface area (Å²) in [5, 5.41) is 0. The molecule has 116 valence electrons. The Bertz CT molecular complexity index is 496. The monoisotopic (exact) mass is 293 g/mol. The van der Waals surface area contributed by atoms with Crippen LogP contribution in [0.4, 0.5) is 4.39 Å². The van der Waals surface area contributed by atoms with Gasteiger partial charge in [0.2, 0.25) is 0 Å². The molecular formula is C17H24FNO2. The number of hydrogen-bond acceptors (Lipinski definition) is 3. The van der Waals surface area contributed by atoms with Crippen LogP contribution in [0.2, 0.25) is 0 Å². The predicted octanol–water partition coefficient (Wildman–Crippen LogP) is 3.62. The van der Waals surface area contributed by atoms with Gasteiger partial charge in [0.1, 0.15) is 5.82 Å². The van der Waals surface area contributed by atoms with Crippen LogP contribution in [0.1, 0.15) is 48.5 Å². The van der Waals surface area contributed by atoms with Gasteiger partial charge in [-0.15, -0.1) is 0 Å². The van der Waals surface area contributed by atoms with Gasteiger partial charge in [0.15, 0.2) is 0 Å². The summed E-state index contributed by atoms with van der Waals surface area (Å²) in [4.78, 5) is 13.7. The molecule has 2 rings (SSSR count). The van der Waals surface area contributed by atoms with Crippen molar-refractivity contribution in [3.63, 3.8) is 0 Å². The van der Waals surface area contributed by atoms with Crippen molar-refractivity contribution in [3.8, 4) is 0 Å². The number of methoxy groups -OCH3 is 1. The molecule has 0 amide bonds. The third-order valence-corrected chi connectivity index (χ3v) is 4.48. The van der Waals surface area contributed by atoms with Crippen molar-refractivity contribution in [1.29, 1.82) is 0 Å². The number of carbonyl (C=O) groups is 1. The van der Waals surface area contributed by atoms with E-state index in [0.717, 1.165) is 11.5 Å². The molecule has 1 aromatic rings. The minimum Gasteiger partial charge on any atom is -0.465 e. The Kier molecular flexibility index (Phi) is 5.34. The SMILES string of the molecule is COC(=O)c1ccc(CN(C)C2CCC(C)CC2)cc1F. The number of rotatable bonds is 4. The van der Waals surface area contributed by atoms with Crippen molar-refractivity contribution in [3.05, 3.63) is 35.1 Å². The average Bonchev–Trinajstić information content (AvgIpc) is 2.47. The minimum atomic E-state index is -0.631. The van der Waals surface area contributed by atoms with Gasteiger partial charge in [-0.05, 0) is 56.3 Å². The van der Waals surface area contributed by atoms with Gasteiger partial charge >= 0.3 is 5.97 Å². The molecule has 0 aliphatic heterocycles. The van der Waals surface area contributed by atoms with Gasteiger partial charge in [-0.3, -0.25) is 4.90 Å². The normalized spacial score (nSPS) is 22.3. The first-order valence-electron chi connectivity index (χ1n) is 7.58. The Morgan fingerprint density at radius 1 is 1.33 bits per heavy atom. The first kappa shape index (κ1) is 16.0. The molecule has 1 aromatic carbocycles. The lowest BCUT2D eigenvalue weighted by molar-refractivity contribution is 0.0595. The van der Waals surface area contributed by atoms with Gasteiger partial charge in [0.05, 0.1) is 12.7 Å². The number of nitrogens with zero attached hydrogens (tertiary/aromatic N) is 1. The van der Waals surface area contributed by atoms with E-state index in [0.29, 0.717) is 12.6 Å². The lowest BCUT2D eigenvalue weighted by Crippen LogP contribution is -2.34. The molecule has 21 heavy (non-hydrogen) atoms. The van der Waals surface area contributed by atoms with E-state index in [-0.39, 0.29) is 5.56 Å². The fourth-order valence-electron chi connectivity index (χ4n) is 3.03. The maximum atomic E-state index is 13.9. The lowest BCUT2D eigenvalue weighted by atomic mass is 9.86. The fourth-order valence-corrected chi connectivity index (χ4v) is 3.03. The molecule has 1 saturated carbocycles. The molecule has 4 heteroatoms. The molecule has 0 spiro atoms. The molecule has 0 radical (unpaired) electrons. The van der Waals surface area contributed by atoms with Crippen LogP contribution < -0.4 is 0 Å². The summed E-state index contributed by atoms with van der Waals surface area (Å²) >= 11 is 0. The Labute approximate surface area is 126 Å². The van der Waals surface area contributed by atoms with Crippen molar-refractivity contribution < 1.29 is 13.9 Å². The largest absolute Gasteiger partial charge is 0.465 e. The van der Waals surface area contributed by atoms with Crippen molar-refractivity contribution in [1.82, 2.24) is 4.90 Å². The molecule has 0 atom stereocenters. The molecule has 0 unspecified atom stereocenters. The van der Waals surface area contributed by atoms with E-state index in [2.05, 4.69) is 23.6 Å². The standard InChI is InChI=1S/C17H24FNO2/c1-12-4-7-14(8-5-12)19(2)11-13-6-9-15(16(18)10-13)17(20)21-3/h6,9-10,12,14H,4-5,7-8,11H2,1-3H3. The maximum Gasteiger partial charge on any atom is 0.340 e. The van der Waals surface area contributed by atoms with Gasteiger partial charge < -0.3 is 4.74 Å². The fraction of sp³-hybridized carbons (Fsp3) is 0.588. The molecule has 0 bridgehead atoms. The Balaban J connectivity index is 1.99. The van der Waals surface area contributed by atoms with Gasteiger partial charge in [0, 0.05) is 12.6 Å². The predicted molar refractivity (Wildman–Crippen MR) is 80.6 cm³/mol. The highest BCUT2D eigenvalue weighted by Crippen LogP contribution is 2.27. The summed E-state index contributed by atoms with van der Waals surface area (Å²) in [7, 11) is 3.35. The smallest absolute Gasteiger partial charge is 0.340 e. The van der Waals surface area contributed by atoms with Crippen LogP contribution in [0.5, 0.6) is 0 Å². The molecule has 1 aliphatic carbocycles. The number of esters is 1. The topological polar surface area (TPSA) is 29.5 Å². The van der Waals surface area contributed by atoms with E-state index in [1.54, 1.807) is 6.07 Å². The summed E-state index contributed by atoms with van der Waals surface area (Å²) < 4.78 is 18.5. The quantitative estimate of drug-likeness (QED) is 0.794. The Morgan fingerprint density at radius 3 is 2.57 bits per heavy atom. The summed E-state index contributed by atoms with van der Waals surface area (Å²) in [6.07, 6.45) is 4.95. The lowest BCUT2D eigenvalue weighted by Gasteiger charge is -2.33. The zero-order chi connectivity index (χ0) is 15.4. The molecule has 0 aromatic heterocycles. The molecule has 0 heterocycles. The molecule has 1 fully saturated rings. The second-order valence-corrected chi connectivity index (χ2v) is 6.13. The number of ether oxygens (including phenoxy) is 1. The summed E-state index contributed by atoms with van der Waals surface area (Å²) in [6, 6.07) is 5.32. The average molecular weight is 293 g/mol. The van der Waals surface area contributed by atoms with Gasteiger partial charge in [-0.2, -0.15) is 0 Å². The van der Waals surface area contributed by atoms with Crippen molar-refractivity contribution >= 4 is 5.97 Å². The summed E-state index contributed by atoms with van der Waals surface area (Å²) in [5.41, 5.74) is 0.886. The number of carbonyl (C=O) groups excluding carboxylic acids is 1. The Morgan fingerprint density at radius 2 is 2.00 bits per heavy atom. The van der Waals surface area contributed by atoms with Gasteiger partial charge in [-0.25, -0.2) is 9.18 Å². The first-order valence-corrected chi connectivity index (χ1v) is 7.58. The van der Waals surface area contributed by atoms with Gasteiger partial charge in [-0.1, -0.05) is 13.0 Å². The van der Waals surface area contributed by atoms with Crippen LogP contribution in [0, 0.1) is 11.7 Å². The zero-order valence-corrected chi connectivity index (χ0v) is 13.1. The van der Waals surface area contributed by atoms with E-state index in [1.165, 1.54) is 44.9 Å². The summed E-state index contributed by atoms with van der Waals surface area (Å²) in [6.45, 7) is 3.01. The highest BCUT2D eigenvalue weighted by Gasteiger charge is 2.22. The van der Waals surface area contributed by atoms with Crippen LogP contribution in [0.25, 0.3) is 0 Å². The van der Waals surface area contributed by atoms with E-state index < -0.39 is 11.8 Å². The van der Waals surface area contributed by atoms with Gasteiger partial charge in [0.25, 0.3) is 0 Å². The highest BCUT2D eigenvalue weighted by molar-refractivity contribution is 5.89. The molecule has 1 aliphatic rings. The second kappa shape index (κ2) is 7.03. The number of hydrogen-bond donors (Lipinski definition) is 0. The van der Waals surface area contributed by atoms with Crippen LogP contribution in [-0.2, 0) is 11.3 Å². The van der Waals surface area contributed by atoms with Crippen LogP contribution >= 0.6 is 0 Å². The van der Waals surface area contributed by atoms with E-state index in [9.17, 15) is 9.18 Å². The number of benzene rings is 1. The third kappa shape index (κ3) is 4.03. The van der Waals surface area contributed by atoms with Crippen LogP contribution in [0.3, 0.4) is 0 Å². The van der Waals surface area contributed by atoms with E-state index in [1.807, 2.05) is 0 Å². The maximum absolute atomic E-state index is 13.9. The van der Waals surface area contributed by atoms with E-state index >= 15 is 0 Å². The number of halogens is 1. The van der Waals surface area contributed by atoms with Crippen molar-refractivity contribution in [2.75, 3.05) is 14.2 Å². The highest BCUT2D eigenvalue weighted by atomic mass is 19.1. The Hall–Kier alpha value is -1.42. The molecule has 0 N–H and O–H groups in total. The first-order chi connectivity index (χ1) is 10.0. The molecular weight excluding hydrogens is 269 g/mol.